The van der Waals surface area contributed by atoms with Gasteiger partial charge in [0.15, 0.2) is 5.82 Å². The van der Waals surface area contributed by atoms with Crippen molar-refractivity contribution in [3.63, 3.8) is 0 Å². The van der Waals surface area contributed by atoms with Gasteiger partial charge < -0.3 is 5.73 Å². The third-order valence-electron chi connectivity index (χ3n) is 3.66. The molecule has 1 atom stereocenters. The Balaban J connectivity index is 2.07. The Bertz CT molecular complexity index is 532. The molecule has 0 bridgehead atoms. The predicted octanol–water partition coefficient (Wildman–Crippen LogP) is 0.907. The third kappa shape index (κ3) is 3.76. The van der Waals surface area contributed by atoms with E-state index in [1.54, 1.807) is 4.68 Å². The first-order valence-corrected chi connectivity index (χ1v) is 8.77. The van der Waals surface area contributed by atoms with Gasteiger partial charge >= 0.3 is 0 Å². The van der Waals surface area contributed by atoms with Crippen molar-refractivity contribution in [1.82, 2.24) is 14.8 Å². The van der Waals surface area contributed by atoms with Crippen LogP contribution in [0.15, 0.2) is 0 Å². The fourth-order valence-corrected chi connectivity index (χ4v) is 3.25. The highest BCUT2D eigenvalue weighted by atomic mass is 32.2. The van der Waals surface area contributed by atoms with E-state index in [4.69, 9.17) is 5.73 Å². The molecule has 1 aliphatic rings. The molecule has 1 unspecified atom stereocenters. The Labute approximate surface area is 114 Å². The molecule has 19 heavy (non-hydrogen) atoms. The van der Waals surface area contributed by atoms with Crippen molar-refractivity contribution in [2.45, 2.75) is 44.1 Å². The van der Waals surface area contributed by atoms with Gasteiger partial charge in [-0.05, 0) is 19.3 Å². The van der Waals surface area contributed by atoms with Crippen LogP contribution in [-0.2, 0) is 16.9 Å². The number of aryl methyl sites for hydroxylation is 1. The average molecular weight is 286 g/mol. The van der Waals surface area contributed by atoms with Crippen molar-refractivity contribution in [1.29, 1.82) is 0 Å². The summed E-state index contributed by atoms with van der Waals surface area (Å²) in [5, 5.41) is 4.43. The molecule has 108 valence electrons. The fourth-order valence-electron chi connectivity index (χ4n) is 2.57. The summed E-state index contributed by atoms with van der Waals surface area (Å²) in [6, 6.07) is -0.373. The van der Waals surface area contributed by atoms with E-state index in [2.05, 4.69) is 10.1 Å². The zero-order valence-corrected chi connectivity index (χ0v) is 12.4. The molecule has 2 rings (SSSR count). The summed E-state index contributed by atoms with van der Waals surface area (Å²) in [6.45, 7) is 0. The van der Waals surface area contributed by atoms with Crippen LogP contribution in [0.2, 0.25) is 0 Å². The minimum Gasteiger partial charge on any atom is -0.321 e. The number of sulfone groups is 1. The molecule has 1 fully saturated rings. The summed E-state index contributed by atoms with van der Waals surface area (Å²) >= 11 is 0. The lowest BCUT2D eigenvalue weighted by Gasteiger charge is -2.09. The van der Waals surface area contributed by atoms with Crippen molar-refractivity contribution >= 4 is 9.84 Å². The van der Waals surface area contributed by atoms with E-state index >= 15 is 0 Å². The molecule has 0 aliphatic heterocycles. The van der Waals surface area contributed by atoms with Gasteiger partial charge in [0.25, 0.3) is 0 Å². The molecule has 2 N–H and O–H groups in total. The van der Waals surface area contributed by atoms with Crippen molar-refractivity contribution in [3.05, 3.63) is 11.6 Å². The molecular weight excluding hydrogens is 264 g/mol. The number of hydrogen-bond acceptors (Lipinski definition) is 5. The van der Waals surface area contributed by atoms with Gasteiger partial charge in [-0.2, -0.15) is 5.10 Å². The van der Waals surface area contributed by atoms with Crippen molar-refractivity contribution < 1.29 is 8.42 Å². The minimum absolute atomic E-state index is 0.0831. The first-order valence-electron chi connectivity index (χ1n) is 6.71. The lowest BCUT2D eigenvalue weighted by molar-refractivity contribution is 0.569. The SMILES string of the molecule is Cn1nc(C2CCCC2)nc1C(N)CCS(C)(=O)=O. The minimum atomic E-state index is -2.99. The Kier molecular flexibility index (Phi) is 4.25. The van der Waals surface area contributed by atoms with Gasteiger partial charge in [0.1, 0.15) is 15.7 Å². The van der Waals surface area contributed by atoms with Crippen LogP contribution in [0.4, 0.5) is 0 Å². The van der Waals surface area contributed by atoms with Crippen molar-refractivity contribution in [2.75, 3.05) is 12.0 Å². The molecular formula is C12H22N4O2S. The van der Waals surface area contributed by atoms with Crippen LogP contribution in [0.3, 0.4) is 0 Å². The van der Waals surface area contributed by atoms with E-state index in [9.17, 15) is 8.42 Å². The normalized spacial score (nSPS) is 18.9. The highest BCUT2D eigenvalue weighted by Crippen LogP contribution is 2.32. The molecule has 0 amide bonds. The van der Waals surface area contributed by atoms with E-state index in [0.717, 1.165) is 18.7 Å². The Morgan fingerprint density at radius 2 is 2.05 bits per heavy atom. The monoisotopic (exact) mass is 286 g/mol. The number of hydrogen-bond donors (Lipinski definition) is 1. The third-order valence-corrected chi connectivity index (χ3v) is 4.64. The second kappa shape index (κ2) is 5.58. The zero-order valence-electron chi connectivity index (χ0n) is 11.5. The van der Waals surface area contributed by atoms with E-state index in [-0.39, 0.29) is 11.8 Å². The quantitative estimate of drug-likeness (QED) is 0.868. The fraction of sp³-hybridized carbons (Fsp3) is 0.833. The van der Waals surface area contributed by atoms with Gasteiger partial charge in [0, 0.05) is 19.2 Å². The van der Waals surface area contributed by atoms with E-state index in [1.807, 2.05) is 7.05 Å². The summed E-state index contributed by atoms with van der Waals surface area (Å²) < 4.78 is 24.0. The van der Waals surface area contributed by atoms with Crippen molar-refractivity contribution in [3.8, 4) is 0 Å². The molecule has 0 radical (unpaired) electrons. The van der Waals surface area contributed by atoms with E-state index in [0.29, 0.717) is 18.2 Å². The summed E-state index contributed by atoms with van der Waals surface area (Å²) in [4.78, 5) is 4.52. The van der Waals surface area contributed by atoms with Gasteiger partial charge in [-0.15, -0.1) is 0 Å². The maximum atomic E-state index is 11.2. The Morgan fingerprint density at radius 1 is 1.42 bits per heavy atom. The lowest BCUT2D eigenvalue weighted by atomic mass is 10.1. The van der Waals surface area contributed by atoms with Gasteiger partial charge in [-0.25, -0.2) is 13.4 Å². The van der Waals surface area contributed by atoms with Gasteiger partial charge in [0.2, 0.25) is 0 Å². The molecule has 0 aromatic carbocycles. The largest absolute Gasteiger partial charge is 0.321 e. The van der Waals surface area contributed by atoms with Crippen LogP contribution < -0.4 is 5.73 Å². The molecule has 1 aliphatic carbocycles. The Hall–Kier alpha value is -0.950. The van der Waals surface area contributed by atoms with Crippen LogP contribution in [-0.4, -0.2) is 35.2 Å². The molecule has 0 saturated heterocycles. The van der Waals surface area contributed by atoms with Crippen LogP contribution in [0.5, 0.6) is 0 Å². The first-order chi connectivity index (χ1) is 8.87. The smallest absolute Gasteiger partial charge is 0.154 e. The predicted molar refractivity (Wildman–Crippen MR) is 73.5 cm³/mol. The number of aromatic nitrogens is 3. The van der Waals surface area contributed by atoms with E-state index in [1.165, 1.54) is 19.1 Å². The van der Waals surface area contributed by atoms with Crippen molar-refractivity contribution in [2.24, 2.45) is 12.8 Å². The molecule has 7 heteroatoms. The molecule has 1 aromatic heterocycles. The topological polar surface area (TPSA) is 90.9 Å². The van der Waals surface area contributed by atoms with Crippen LogP contribution in [0, 0.1) is 0 Å². The maximum absolute atomic E-state index is 11.2. The number of nitrogens with two attached hydrogens (primary N) is 1. The average Bonchev–Trinajstić information content (AvgIpc) is 2.93. The highest BCUT2D eigenvalue weighted by molar-refractivity contribution is 7.90. The number of rotatable bonds is 5. The van der Waals surface area contributed by atoms with Crippen LogP contribution >= 0.6 is 0 Å². The standard InChI is InChI=1S/C12H22N4O2S/c1-16-12(10(13)7-8-19(2,17)18)14-11(15-16)9-5-3-4-6-9/h9-10H,3-8,13H2,1-2H3. The number of nitrogens with zero attached hydrogens (tertiary/aromatic N) is 3. The summed E-state index contributed by atoms with van der Waals surface area (Å²) in [6.07, 6.45) is 6.36. The van der Waals surface area contributed by atoms with E-state index < -0.39 is 9.84 Å². The van der Waals surface area contributed by atoms with Gasteiger partial charge in [0.05, 0.1) is 11.8 Å². The highest BCUT2D eigenvalue weighted by Gasteiger charge is 2.24. The van der Waals surface area contributed by atoms with Gasteiger partial charge in [-0.1, -0.05) is 12.8 Å². The maximum Gasteiger partial charge on any atom is 0.154 e. The second-order valence-electron chi connectivity index (χ2n) is 5.46. The molecule has 1 heterocycles. The van der Waals surface area contributed by atoms with Gasteiger partial charge in [-0.3, -0.25) is 4.68 Å². The zero-order chi connectivity index (χ0) is 14.0. The first kappa shape index (κ1) is 14.5. The summed E-state index contributed by atoms with van der Waals surface area (Å²) in [7, 11) is -1.17. The van der Waals surface area contributed by atoms with Crippen LogP contribution in [0.25, 0.3) is 0 Å². The molecule has 1 aromatic rings. The molecule has 0 spiro atoms. The molecule has 1 saturated carbocycles. The Morgan fingerprint density at radius 3 is 2.63 bits per heavy atom. The summed E-state index contributed by atoms with van der Waals surface area (Å²) in [5.41, 5.74) is 6.03. The second-order valence-corrected chi connectivity index (χ2v) is 7.72. The molecule has 6 nitrogen and oxygen atoms in total. The summed E-state index contributed by atoms with van der Waals surface area (Å²) in [5.74, 6) is 2.08. The lowest BCUT2D eigenvalue weighted by Crippen LogP contribution is -2.19. The van der Waals surface area contributed by atoms with Crippen LogP contribution in [0.1, 0.15) is 55.7 Å².